The van der Waals surface area contributed by atoms with E-state index in [-0.39, 0.29) is 17.2 Å². The third-order valence-corrected chi connectivity index (χ3v) is 5.63. The van der Waals surface area contributed by atoms with Crippen molar-refractivity contribution in [2.24, 2.45) is 0 Å². The van der Waals surface area contributed by atoms with Gasteiger partial charge in [-0.05, 0) is 62.1 Å². The third kappa shape index (κ3) is 5.04. The van der Waals surface area contributed by atoms with E-state index >= 15 is 0 Å². The number of alkyl halides is 3. The van der Waals surface area contributed by atoms with E-state index in [0.717, 1.165) is 44.5 Å². The van der Waals surface area contributed by atoms with Crippen LogP contribution in [0.4, 0.5) is 30.2 Å². The minimum absolute atomic E-state index is 0.112. The number of ether oxygens (including phenoxy) is 1. The lowest BCUT2D eigenvalue weighted by molar-refractivity contribution is -0.137. The van der Waals surface area contributed by atoms with Crippen molar-refractivity contribution in [2.75, 3.05) is 35.2 Å². The molecule has 2 aliphatic heterocycles. The first-order valence-electron chi connectivity index (χ1n) is 10.6. The number of rotatable bonds is 5. The number of halogens is 3. The van der Waals surface area contributed by atoms with Crippen molar-refractivity contribution in [3.05, 3.63) is 53.6 Å². The summed E-state index contributed by atoms with van der Waals surface area (Å²) >= 11 is 0. The summed E-state index contributed by atoms with van der Waals surface area (Å²) in [6.45, 7) is 1.98. The zero-order chi connectivity index (χ0) is 22.7. The second-order valence-electron chi connectivity index (χ2n) is 7.95. The summed E-state index contributed by atoms with van der Waals surface area (Å²) in [5.41, 5.74) is 0.488. The Balaban J connectivity index is 1.54. The Kier molecular flexibility index (Phi) is 6.36. The van der Waals surface area contributed by atoms with E-state index in [4.69, 9.17) is 4.74 Å². The quantitative estimate of drug-likeness (QED) is 0.699. The summed E-state index contributed by atoms with van der Waals surface area (Å²) in [4.78, 5) is 27.1. The van der Waals surface area contributed by atoms with Crippen LogP contribution in [0.3, 0.4) is 0 Å². The van der Waals surface area contributed by atoms with Gasteiger partial charge in [0.1, 0.15) is 6.10 Å². The van der Waals surface area contributed by atoms with Crippen LogP contribution >= 0.6 is 0 Å². The summed E-state index contributed by atoms with van der Waals surface area (Å²) in [5.74, 6) is -0.841. The van der Waals surface area contributed by atoms with Gasteiger partial charge in [0.2, 0.25) is 0 Å². The van der Waals surface area contributed by atoms with Crippen molar-refractivity contribution in [1.82, 2.24) is 0 Å². The number of nitrogens with one attached hydrogen (secondary N) is 2. The van der Waals surface area contributed by atoms with E-state index < -0.39 is 23.8 Å². The highest BCUT2D eigenvalue weighted by atomic mass is 19.4. The molecule has 32 heavy (non-hydrogen) atoms. The summed E-state index contributed by atoms with van der Waals surface area (Å²) in [5, 5.41) is 5.36. The molecule has 0 saturated carbocycles. The maximum Gasteiger partial charge on any atom is 0.416 e. The minimum atomic E-state index is -4.52. The molecule has 2 aromatic rings. The van der Waals surface area contributed by atoms with E-state index in [2.05, 4.69) is 10.6 Å². The Labute approximate surface area is 183 Å². The normalized spacial score (nSPS) is 18.6. The van der Waals surface area contributed by atoms with Crippen molar-refractivity contribution in [3.63, 3.8) is 0 Å². The molecule has 0 spiro atoms. The molecule has 1 unspecified atom stereocenters. The predicted molar refractivity (Wildman–Crippen MR) is 115 cm³/mol. The van der Waals surface area contributed by atoms with Gasteiger partial charge in [-0.2, -0.15) is 13.2 Å². The molecule has 2 amide bonds. The lowest BCUT2D eigenvalue weighted by atomic mass is 10.1. The molecular formula is C23H24F3N3O3. The molecule has 1 atom stereocenters. The molecule has 2 fully saturated rings. The molecule has 0 bridgehead atoms. The van der Waals surface area contributed by atoms with Gasteiger partial charge in [0.05, 0.1) is 16.9 Å². The smallest absolute Gasteiger partial charge is 0.370 e. The van der Waals surface area contributed by atoms with Gasteiger partial charge < -0.3 is 20.3 Å². The maximum absolute atomic E-state index is 13.3. The van der Waals surface area contributed by atoms with Crippen LogP contribution in [0.5, 0.6) is 0 Å². The van der Waals surface area contributed by atoms with Gasteiger partial charge >= 0.3 is 6.18 Å². The van der Waals surface area contributed by atoms with Gasteiger partial charge in [-0.25, -0.2) is 0 Å². The Morgan fingerprint density at radius 1 is 1.00 bits per heavy atom. The number of carbonyl (C=O) groups excluding carboxylic acids is 2. The fraction of sp³-hybridized carbons (Fsp3) is 0.391. The molecule has 4 rings (SSSR count). The predicted octanol–water partition coefficient (Wildman–Crippen LogP) is 4.68. The number of hydrogen-bond donors (Lipinski definition) is 2. The van der Waals surface area contributed by atoms with Gasteiger partial charge in [-0.1, -0.05) is 6.07 Å². The summed E-state index contributed by atoms with van der Waals surface area (Å²) in [6, 6.07) is 9.68. The zero-order valence-electron chi connectivity index (χ0n) is 17.4. The Hall–Kier alpha value is -3.07. The first-order valence-corrected chi connectivity index (χ1v) is 10.6. The largest absolute Gasteiger partial charge is 0.416 e. The van der Waals surface area contributed by atoms with Gasteiger partial charge in [-0.15, -0.1) is 0 Å². The second kappa shape index (κ2) is 9.20. The van der Waals surface area contributed by atoms with Crippen LogP contribution in [-0.4, -0.2) is 37.6 Å². The summed E-state index contributed by atoms with van der Waals surface area (Å²) < 4.78 is 45.1. The van der Waals surface area contributed by atoms with Gasteiger partial charge in [-0.3, -0.25) is 9.59 Å². The van der Waals surface area contributed by atoms with Crippen LogP contribution in [0.15, 0.2) is 42.5 Å². The first kappa shape index (κ1) is 22.1. The van der Waals surface area contributed by atoms with Crippen LogP contribution < -0.4 is 15.5 Å². The molecule has 6 nitrogen and oxygen atoms in total. The number of amides is 2. The molecule has 2 aliphatic rings. The molecule has 9 heteroatoms. The maximum atomic E-state index is 13.3. The number of benzene rings is 2. The number of nitrogens with zero attached hydrogens (tertiary/aromatic N) is 1. The lowest BCUT2D eigenvalue weighted by Gasteiger charge is -2.23. The van der Waals surface area contributed by atoms with Crippen molar-refractivity contribution < 1.29 is 27.5 Å². The molecule has 170 valence electrons. The van der Waals surface area contributed by atoms with Gasteiger partial charge in [0, 0.05) is 30.9 Å². The summed E-state index contributed by atoms with van der Waals surface area (Å²) in [7, 11) is 0. The Morgan fingerprint density at radius 3 is 2.47 bits per heavy atom. The zero-order valence-corrected chi connectivity index (χ0v) is 17.4. The monoisotopic (exact) mass is 447 g/mol. The van der Waals surface area contributed by atoms with E-state index in [1.807, 2.05) is 4.90 Å². The van der Waals surface area contributed by atoms with Crippen LogP contribution in [0.25, 0.3) is 0 Å². The van der Waals surface area contributed by atoms with Crippen molar-refractivity contribution in [1.29, 1.82) is 0 Å². The molecule has 2 saturated heterocycles. The van der Waals surface area contributed by atoms with E-state index in [9.17, 15) is 22.8 Å². The molecule has 2 aromatic carbocycles. The first-order chi connectivity index (χ1) is 15.3. The number of hydrogen-bond acceptors (Lipinski definition) is 4. The van der Waals surface area contributed by atoms with Gasteiger partial charge in [0.25, 0.3) is 11.8 Å². The topological polar surface area (TPSA) is 70.7 Å². The van der Waals surface area contributed by atoms with E-state index in [1.165, 1.54) is 12.1 Å². The second-order valence-corrected chi connectivity index (χ2v) is 7.95. The SMILES string of the molecule is O=C(Nc1cc(C(F)(F)F)ccc1N1CCCC1)c1cccc(NC(=O)C2CCCO2)c1. The molecule has 0 aliphatic carbocycles. The Bertz CT molecular complexity index is 997. The standard InChI is InChI=1S/C23H24F3N3O3/c24-23(25,26)16-8-9-19(29-10-1-2-11-29)18(14-16)28-21(30)15-5-3-6-17(13-15)27-22(31)20-7-4-12-32-20/h3,5-6,8-9,13-14,20H,1-2,4,7,10-12H2,(H,27,31)(H,28,30). The molecule has 2 heterocycles. The number of anilines is 3. The third-order valence-electron chi connectivity index (χ3n) is 5.63. The average molecular weight is 447 g/mol. The van der Waals surface area contributed by atoms with E-state index in [1.54, 1.807) is 18.2 Å². The molecule has 2 N–H and O–H groups in total. The average Bonchev–Trinajstić information content (AvgIpc) is 3.47. The van der Waals surface area contributed by atoms with Crippen LogP contribution in [-0.2, 0) is 15.7 Å². The summed E-state index contributed by atoms with van der Waals surface area (Å²) in [6.07, 6.45) is -1.68. The highest BCUT2D eigenvalue weighted by Gasteiger charge is 2.32. The lowest BCUT2D eigenvalue weighted by Crippen LogP contribution is -2.27. The Morgan fingerprint density at radius 2 is 1.78 bits per heavy atom. The molecular weight excluding hydrogens is 423 g/mol. The van der Waals surface area contributed by atoms with Crippen LogP contribution in [0.1, 0.15) is 41.6 Å². The fourth-order valence-electron chi connectivity index (χ4n) is 3.99. The van der Waals surface area contributed by atoms with Crippen molar-refractivity contribution in [3.8, 4) is 0 Å². The highest BCUT2D eigenvalue weighted by Crippen LogP contribution is 2.36. The van der Waals surface area contributed by atoms with E-state index in [0.29, 0.717) is 24.4 Å². The van der Waals surface area contributed by atoms with Crippen LogP contribution in [0, 0.1) is 0 Å². The highest BCUT2D eigenvalue weighted by molar-refractivity contribution is 6.07. The molecule has 0 aromatic heterocycles. The van der Waals surface area contributed by atoms with Crippen LogP contribution in [0.2, 0.25) is 0 Å². The number of carbonyl (C=O) groups is 2. The van der Waals surface area contributed by atoms with Crippen molar-refractivity contribution >= 4 is 28.9 Å². The minimum Gasteiger partial charge on any atom is -0.370 e. The van der Waals surface area contributed by atoms with Crippen molar-refractivity contribution in [2.45, 2.75) is 38.0 Å². The van der Waals surface area contributed by atoms with Gasteiger partial charge in [0.15, 0.2) is 0 Å². The molecule has 0 radical (unpaired) electrons. The fourth-order valence-corrected chi connectivity index (χ4v) is 3.99.